The minimum Gasteiger partial charge on any atom is -0.308 e. The Morgan fingerprint density at radius 1 is 1.28 bits per heavy atom. The molecule has 102 valence electrons. The Hall–Kier alpha value is -0.480. The van der Waals surface area contributed by atoms with E-state index in [4.69, 9.17) is 0 Å². The molecule has 4 heteroatoms. The fraction of sp³-hybridized carbons (Fsp3) is 0.857. The molecule has 2 rings (SSSR count). The molecule has 1 aliphatic carbocycles. The second-order valence-corrected chi connectivity index (χ2v) is 6.40. The van der Waals surface area contributed by atoms with Gasteiger partial charge in [0.1, 0.15) is 10.0 Å². The molecule has 1 fully saturated rings. The average molecular weight is 267 g/mol. The van der Waals surface area contributed by atoms with Gasteiger partial charge >= 0.3 is 0 Å². The molecule has 0 bridgehead atoms. The molecule has 18 heavy (non-hydrogen) atoms. The van der Waals surface area contributed by atoms with Crippen molar-refractivity contribution in [3.8, 4) is 0 Å². The van der Waals surface area contributed by atoms with Gasteiger partial charge in [0.25, 0.3) is 0 Å². The summed E-state index contributed by atoms with van der Waals surface area (Å²) < 4.78 is 0. The average Bonchev–Trinajstić information content (AvgIpc) is 3.03. The summed E-state index contributed by atoms with van der Waals surface area (Å²) >= 11 is 1.82. The van der Waals surface area contributed by atoms with E-state index in [2.05, 4.69) is 29.4 Å². The van der Waals surface area contributed by atoms with Crippen molar-refractivity contribution in [2.24, 2.45) is 5.92 Å². The van der Waals surface area contributed by atoms with Crippen LogP contribution in [0.5, 0.6) is 0 Å². The molecular formula is C14H25N3S. The van der Waals surface area contributed by atoms with Gasteiger partial charge in [0, 0.05) is 6.42 Å². The van der Waals surface area contributed by atoms with E-state index < -0.39 is 0 Å². The van der Waals surface area contributed by atoms with E-state index in [1.165, 1.54) is 42.1 Å². The molecular weight excluding hydrogens is 242 g/mol. The number of nitrogens with one attached hydrogen (secondary N) is 1. The van der Waals surface area contributed by atoms with Gasteiger partial charge in [0.15, 0.2) is 0 Å². The molecule has 0 spiro atoms. The molecule has 1 aliphatic rings. The first kappa shape index (κ1) is 13.9. The third kappa shape index (κ3) is 3.75. The van der Waals surface area contributed by atoms with Crippen LogP contribution in [0.3, 0.4) is 0 Å². The summed E-state index contributed by atoms with van der Waals surface area (Å²) in [5.41, 5.74) is 0. The van der Waals surface area contributed by atoms with Crippen LogP contribution >= 0.6 is 11.3 Å². The predicted octanol–water partition coefficient (Wildman–Crippen LogP) is 3.72. The van der Waals surface area contributed by atoms with Crippen molar-refractivity contribution in [3.05, 3.63) is 10.0 Å². The minimum atomic E-state index is 0.403. The maximum Gasteiger partial charge on any atom is 0.134 e. The van der Waals surface area contributed by atoms with Crippen LogP contribution in [0, 0.1) is 5.92 Å². The lowest BCUT2D eigenvalue weighted by molar-refractivity contribution is 0.512. The zero-order valence-corrected chi connectivity index (χ0v) is 12.4. The number of hydrogen-bond donors (Lipinski definition) is 1. The predicted molar refractivity (Wildman–Crippen MR) is 76.9 cm³/mol. The molecule has 0 aromatic carbocycles. The maximum atomic E-state index is 4.39. The Morgan fingerprint density at radius 2 is 2.06 bits per heavy atom. The maximum absolute atomic E-state index is 4.39. The SMILES string of the molecule is CCCNC(CC)c1nnc(CC2CCCC2)s1. The first-order valence-corrected chi connectivity index (χ1v) is 8.20. The number of aromatic nitrogens is 2. The first-order valence-electron chi connectivity index (χ1n) is 7.39. The van der Waals surface area contributed by atoms with Gasteiger partial charge in [0.05, 0.1) is 6.04 Å². The molecule has 1 aromatic rings. The normalized spacial score (nSPS) is 18.3. The van der Waals surface area contributed by atoms with Gasteiger partial charge in [-0.3, -0.25) is 0 Å². The largest absolute Gasteiger partial charge is 0.308 e. The molecule has 1 N–H and O–H groups in total. The van der Waals surface area contributed by atoms with Crippen LogP contribution in [-0.4, -0.2) is 16.7 Å². The van der Waals surface area contributed by atoms with Crippen LogP contribution in [0.2, 0.25) is 0 Å². The van der Waals surface area contributed by atoms with E-state index in [0.29, 0.717) is 6.04 Å². The van der Waals surface area contributed by atoms with E-state index in [9.17, 15) is 0 Å². The first-order chi connectivity index (χ1) is 8.83. The fourth-order valence-electron chi connectivity index (χ4n) is 2.68. The summed E-state index contributed by atoms with van der Waals surface area (Å²) in [5, 5.41) is 14.7. The van der Waals surface area contributed by atoms with Crippen molar-refractivity contribution in [3.63, 3.8) is 0 Å². The van der Waals surface area contributed by atoms with Crippen molar-refractivity contribution < 1.29 is 0 Å². The summed E-state index contributed by atoms with van der Waals surface area (Å²) in [5.74, 6) is 0.870. The van der Waals surface area contributed by atoms with Gasteiger partial charge < -0.3 is 5.32 Å². The summed E-state index contributed by atoms with van der Waals surface area (Å²) in [6, 6.07) is 0.403. The highest BCUT2D eigenvalue weighted by atomic mass is 32.1. The molecule has 1 atom stereocenters. The third-order valence-corrected chi connectivity index (χ3v) is 4.83. The highest BCUT2D eigenvalue weighted by molar-refractivity contribution is 7.11. The van der Waals surface area contributed by atoms with Crippen molar-refractivity contribution in [1.82, 2.24) is 15.5 Å². The van der Waals surface area contributed by atoms with E-state index in [0.717, 1.165) is 25.3 Å². The lowest BCUT2D eigenvalue weighted by atomic mass is 10.1. The van der Waals surface area contributed by atoms with Crippen molar-refractivity contribution in [2.75, 3.05) is 6.54 Å². The smallest absolute Gasteiger partial charge is 0.134 e. The lowest BCUT2D eigenvalue weighted by Crippen LogP contribution is -2.21. The van der Waals surface area contributed by atoms with Crippen LogP contribution in [0.25, 0.3) is 0 Å². The van der Waals surface area contributed by atoms with Gasteiger partial charge in [-0.05, 0) is 25.3 Å². The van der Waals surface area contributed by atoms with Crippen LogP contribution in [0.15, 0.2) is 0 Å². The van der Waals surface area contributed by atoms with E-state index in [1.807, 2.05) is 11.3 Å². The molecule has 1 saturated carbocycles. The minimum absolute atomic E-state index is 0.403. The third-order valence-electron chi connectivity index (χ3n) is 3.77. The molecule has 1 aromatic heterocycles. The van der Waals surface area contributed by atoms with Crippen molar-refractivity contribution in [2.45, 2.75) is 64.8 Å². The van der Waals surface area contributed by atoms with Crippen molar-refractivity contribution in [1.29, 1.82) is 0 Å². The van der Waals surface area contributed by atoms with Crippen LogP contribution < -0.4 is 5.32 Å². The Labute approximate surface area is 114 Å². The lowest BCUT2D eigenvalue weighted by Gasteiger charge is -2.12. The zero-order chi connectivity index (χ0) is 12.8. The van der Waals surface area contributed by atoms with E-state index >= 15 is 0 Å². The summed E-state index contributed by atoms with van der Waals surface area (Å²) in [6.45, 7) is 5.48. The topological polar surface area (TPSA) is 37.8 Å². The molecule has 1 unspecified atom stereocenters. The highest BCUT2D eigenvalue weighted by Gasteiger charge is 2.19. The van der Waals surface area contributed by atoms with Gasteiger partial charge in [-0.15, -0.1) is 10.2 Å². The number of hydrogen-bond acceptors (Lipinski definition) is 4. The number of rotatable bonds is 7. The molecule has 0 aliphatic heterocycles. The van der Waals surface area contributed by atoms with Crippen LogP contribution in [0.4, 0.5) is 0 Å². The van der Waals surface area contributed by atoms with Gasteiger partial charge in [0.2, 0.25) is 0 Å². The van der Waals surface area contributed by atoms with Gasteiger partial charge in [-0.2, -0.15) is 0 Å². The van der Waals surface area contributed by atoms with E-state index in [-0.39, 0.29) is 0 Å². The van der Waals surface area contributed by atoms with Gasteiger partial charge in [-0.1, -0.05) is 50.9 Å². The summed E-state index contributed by atoms with van der Waals surface area (Å²) in [4.78, 5) is 0. The Balaban J connectivity index is 1.90. The van der Waals surface area contributed by atoms with Crippen molar-refractivity contribution >= 4 is 11.3 Å². The van der Waals surface area contributed by atoms with Gasteiger partial charge in [-0.25, -0.2) is 0 Å². The quantitative estimate of drug-likeness (QED) is 0.818. The molecule has 0 saturated heterocycles. The Morgan fingerprint density at radius 3 is 2.72 bits per heavy atom. The molecule has 0 amide bonds. The highest BCUT2D eigenvalue weighted by Crippen LogP contribution is 2.30. The summed E-state index contributed by atoms with van der Waals surface area (Å²) in [7, 11) is 0. The standard InChI is InChI=1S/C14H25N3S/c1-3-9-15-12(4-2)14-17-16-13(18-14)10-11-7-5-6-8-11/h11-12,15H,3-10H2,1-2H3. The number of nitrogens with zero attached hydrogens (tertiary/aromatic N) is 2. The summed E-state index contributed by atoms with van der Waals surface area (Å²) in [6.07, 6.45) is 9.02. The van der Waals surface area contributed by atoms with Crippen LogP contribution in [-0.2, 0) is 6.42 Å². The van der Waals surface area contributed by atoms with Crippen LogP contribution in [0.1, 0.15) is 68.4 Å². The second kappa shape index (κ2) is 7.19. The molecule has 1 heterocycles. The second-order valence-electron chi connectivity index (χ2n) is 5.30. The fourth-order valence-corrected chi connectivity index (χ4v) is 3.79. The Kier molecular flexibility index (Phi) is 5.57. The zero-order valence-electron chi connectivity index (χ0n) is 11.6. The molecule has 0 radical (unpaired) electrons. The molecule has 3 nitrogen and oxygen atoms in total. The Bertz CT molecular complexity index is 345. The van der Waals surface area contributed by atoms with E-state index in [1.54, 1.807) is 0 Å². The monoisotopic (exact) mass is 267 g/mol.